The van der Waals surface area contributed by atoms with Gasteiger partial charge in [0.15, 0.2) is 11.5 Å². The van der Waals surface area contributed by atoms with E-state index in [2.05, 4.69) is 15.4 Å². The minimum absolute atomic E-state index is 0.0107. The van der Waals surface area contributed by atoms with Crippen LogP contribution in [0.25, 0.3) is 11.4 Å². The van der Waals surface area contributed by atoms with E-state index in [0.717, 1.165) is 23.1 Å². The first-order valence-electron chi connectivity index (χ1n) is 15.8. The highest BCUT2D eigenvalue weighted by atomic mass is 35.5. The Bertz CT molecular complexity index is 1940. The molecule has 1 fully saturated rings. The van der Waals surface area contributed by atoms with Crippen molar-refractivity contribution in [2.75, 3.05) is 49.6 Å². The third kappa shape index (κ3) is 6.32. The summed E-state index contributed by atoms with van der Waals surface area (Å²) in [5, 5.41) is 18.4. The molecule has 4 aromatic rings. The number of amides is 2. The first kappa shape index (κ1) is 32.2. The molecule has 2 aliphatic heterocycles. The molecule has 5 heterocycles. The number of rotatable bonds is 8. The van der Waals surface area contributed by atoms with E-state index in [1.54, 1.807) is 21.6 Å². The SMILES string of the molecule is CCc1cc(C)c(NC(=O)Cn2c(CC)c(N3CCN(C(=O)c4ncccc4O)CC3)c(=O)n3nc(C4=CCOCC4)nc23)cc1Cl. The van der Waals surface area contributed by atoms with E-state index in [9.17, 15) is 19.5 Å². The molecule has 2 amide bonds. The van der Waals surface area contributed by atoms with Crippen LogP contribution in [-0.4, -0.2) is 85.4 Å². The number of aryl methyl sites for hydroxylation is 2. The average Bonchev–Trinajstić information content (AvgIpc) is 3.54. The van der Waals surface area contributed by atoms with Gasteiger partial charge < -0.3 is 29.5 Å². The smallest absolute Gasteiger partial charge is 0.299 e. The van der Waals surface area contributed by atoms with Gasteiger partial charge in [0.25, 0.3) is 11.5 Å². The minimum atomic E-state index is -0.379. The van der Waals surface area contributed by atoms with E-state index >= 15 is 0 Å². The number of benzene rings is 1. The monoisotopic (exact) mass is 660 g/mol. The maximum atomic E-state index is 14.2. The standard InChI is InChI=1S/C33H37ClN8O5/c1-4-21-17-20(3)24(18-23(21)34)36-27(44)19-41-25(5-2)29(32(46)42-33(41)37-30(38-42)22-8-15-47-16-9-22)39-11-13-40(14-12-39)31(45)28-26(43)7-6-10-35-28/h6-8,10,17-18,43H,4-5,9,11-16,19H2,1-3H3,(H,36,44). The molecule has 0 saturated carbocycles. The van der Waals surface area contributed by atoms with E-state index < -0.39 is 0 Å². The number of aromatic hydroxyl groups is 1. The van der Waals surface area contributed by atoms with E-state index in [0.29, 0.717) is 80.2 Å². The highest BCUT2D eigenvalue weighted by molar-refractivity contribution is 6.31. The van der Waals surface area contributed by atoms with Crippen molar-refractivity contribution in [2.24, 2.45) is 0 Å². The molecule has 0 unspecified atom stereocenters. The van der Waals surface area contributed by atoms with Crippen molar-refractivity contribution >= 4 is 46.1 Å². The molecule has 0 bridgehead atoms. The predicted octanol–water partition coefficient (Wildman–Crippen LogP) is 3.48. The molecule has 1 aromatic carbocycles. The Hall–Kier alpha value is -4.75. The number of carbonyl (C=O) groups excluding carboxylic acids is 2. The van der Waals surface area contributed by atoms with Crippen LogP contribution in [0.5, 0.6) is 5.75 Å². The minimum Gasteiger partial charge on any atom is -0.505 e. The van der Waals surface area contributed by atoms with Gasteiger partial charge in [0.1, 0.15) is 18.0 Å². The van der Waals surface area contributed by atoms with Gasteiger partial charge in [-0.05, 0) is 61.1 Å². The molecule has 13 nitrogen and oxygen atoms in total. The zero-order valence-corrected chi connectivity index (χ0v) is 27.4. The number of pyridine rings is 1. The van der Waals surface area contributed by atoms with Crippen molar-refractivity contribution in [1.82, 2.24) is 29.0 Å². The number of aromatic nitrogens is 5. The number of halogens is 1. The lowest BCUT2D eigenvalue weighted by Crippen LogP contribution is -2.51. The number of anilines is 2. The van der Waals surface area contributed by atoms with E-state index in [1.807, 2.05) is 37.8 Å². The van der Waals surface area contributed by atoms with Crippen LogP contribution in [0.4, 0.5) is 11.4 Å². The third-order valence-corrected chi connectivity index (χ3v) is 8.99. The summed E-state index contributed by atoms with van der Waals surface area (Å²) in [5.41, 5.74) is 4.06. The fourth-order valence-corrected chi connectivity index (χ4v) is 6.42. The number of fused-ring (bicyclic) bond motifs is 1. The largest absolute Gasteiger partial charge is 0.505 e. The molecule has 3 aromatic heterocycles. The van der Waals surface area contributed by atoms with Gasteiger partial charge in [0.05, 0.1) is 18.9 Å². The predicted molar refractivity (Wildman–Crippen MR) is 178 cm³/mol. The van der Waals surface area contributed by atoms with Crippen LogP contribution in [0.15, 0.2) is 41.3 Å². The molecule has 0 radical (unpaired) electrons. The number of carbonyl (C=O) groups is 2. The molecule has 0 aliphatic carbocycles. The summed E-state index contributed by atoms with van der Waals surface area (Å²) in [7, 11) is 0. The molecular formula is C33H37ClN8O5. The fraction of sp³-hybridized carbons (Fsp3) is 0.394. The first-order chi connectivity index (χ1) is 22.7. The summed E-state index contributed by atoms with van der Waals surface area (Å²) in [5.74, 6) is -0.179. The summed E-state index contributed by atoms with van der Waals surface area (Å²) in [4.78, 5) is 53.3. The molecule has 47 heavy (non-hydrogen) atoms. The third-order valence-electron chi connectivity index (χ3n) is 8.63. The van der Waals surface area contributed by atoms with Crippen molar-refractivity contribution in [3.05, 3.63) is 80.3 Å². The van der Waals surface area contributed by atoms with Gasteiger partial charge in [-0.15, -0.1) is 5.10 Å². The lowest BCUT2D eigenvalue weighted by atomic mass is 10.1. The van der Waals surface area contributed by atoms with Crippen LogP contribution in [-0.2, 0) is 28.9 Å². The van der Waals surface area contributed by atoms with Crippen LogP contribution in [0.1, 0.15) is 53.4 Å². The Balaban J connectivity index is 1.36. The second kappa shape index (κ2) is 13.5. The molecule has 246 valence electrons. The van der Waals surface area contributed by atoms with Crippen molar-refractivity contribution in [2.45, 2.75) is 46.6 Å². The second-order valence-electron chi connectivity index (χ2n) is 11.6. The van der Waals surface area contributed by atoms with Crippen molar-refractivity contribution in [3.63, 3.8) is 0 Å². The Morgan fingerprint density at radius 1 is 1.13 bits per heavy atom. The van der Waals surface area contributed by atoms with Crippen molar-refractivity contribution < 1.29 is 19.4 Å². The van der Waals surface area contributed by atoms with E-state index in [-0.39, 0.29) is 41.1 Å². The molecule has 14 heteroatoms. The van der Waals surface area contributed by atoms with Gasteiger partial charge in [0, 0.05) is 43.1 Å². The van der Waals surface area contributed by atoms with Crippen LogP contribution >= 0.6 is 11.6 Å². The molecule has 2 aliphatic rings. The number of hydrogen-bond acceptors (Lipinski definition) is 9. The Labute approximate surface area is 276 Å². The average molecular weight is 661 g/mol. The lowest BCUT2D eigenvalue weighted by Gasteiger charge is -2.36. The molecular weight excluding hydrogens is 624 g/mol. The van der Waals surface area contributed by atoms with Crippen molar-refractivity contribution in [1.29, 1.82) is 0 Å². The van der Waals surface area contributed by atoms with Gasteiger partial charge in [-0.3, -0.25) is 14.4 Å². The zero-order chi connectivity index (χ0) is 33.2. The van der Waals surface area contributed by atoms with E-state index in [1.165, 1.54) is 16.8 Å². The van der Waals surface area contributed by atoms with Crippen LogP contribution in [0.2, 0.25) is 5.02 Å². The number of nitrogens with zero attached hydrogens (tertiary/aromatic N) is 7. The maximum Gasteiger partial charge on any atom is 0.299 e. The van der Waals surface area contributed by atoms with Crippen LogP contribution < -0.4 is 15.8 Å². The van der Waals surface area contributed by atoms with Crippen molar-refractivity contribution in [3.8, 4) is 5.75 Å². The highest BCUT2D eigenvalue weighted by Gasteiger charge is 2.30. The maximum absolute atomic E-state index is 14.2. The topological polar surface area (TPSA) is 147 Å². The van der Waals surface area contributed by atoms with Crippen LogP contribution in [0, 0.1) is 6.92 Å². The molecule has 0 atom stereocenters. The van der Waals surface area contributed by atoms with Gasteiger partial charge in [-0.2, -0.15) is 9.50 Å². The molecule has 2 N–H and O–H groups in total. The molecule has 6 rings (SSSR count). The second-order valence-corrected chi connectivity index (χ2v) is 12.0. The first-order valence-corrected chi connectivity index (χ1v) is 16.1. The summed E-state index contributed by atoms with van der Waals surface area (Å²) < 4.78 is 8.49. The quantitative estimate of drug-likeness (QED) is 0.290. The molecule has 1 saturated heterocycles. The van der Waals surface area contributed by atoms with Gasteiger partial charge >= 0.3 is 0 Å². The van der Waals surface area contributed by atoms with Gasteiger partial charge in [-0.25, -0.2) is 4.98 Å². The van der Waals surface area contributed by atoms with Gasteiger partial charge in [0.2, 0.25) is 11.7 Å². The normalized spacial score (nSPS) is 15.2. The lowest BCUT2D eigenvalue weighted by molar-refractivity contribution is -0.116. The zero-order valence-electron chi connectivity index (χ0n) is 26.6. The summed E-state index contributed by atoms with van der Waals surface area (Å²) in [6.07, 6.45) is 5.18. The number of hydrogen-bond donors (Lipinski definition) is 2. The number of ether oxygens (including phenoxy) is 1. The Morgan fingerprint density at radius 2 is 1.91 bits per heavy atom. The number of nitrogens with one attached hydrogen (secondary N) is 1. The number of piperazine rings is 1. The Kier molecular flexibility index (Phi) is 9.28. The Morgan fingerprint density at radius 3 is 2.60 bits per heavy atom. The molecule has 0 spiro atoms. The highest BCUT2D eigenvalue weighted by Crippen LogP contribution is 2.27. The fourth-order valence-electron chi connectivity index (χ4n) is 6.12. The summed E-state index contributed by atoms with van der Waals surface area (Å²) in [6.45, 7) is 8.02. The van der Waals surface area contributed by atoms with Crippen LogP contribution in [0.3, 0.4) is 0 Å². The summed E-state index contributed by atoms with van der Waals surface area (Å²) >= 11 is 6.47. The van der Waals surface area contributed by atoms with E-state index in [4.69, 9.17) is 21.3 Å². The summed E-state index contributed by atoms with van der Waals surface area (Å²) in [6, 6.07) is 6.72. The van der Waals surface area contributed by atoms with Gasteiger partial charge in [-0.1, -0.05) is 37.6 Å².